The highest BCUT2D eigenvalue weighted by molar-refractivity contribution is 6.30. The largest absolute Gasteiger partial charge is 0.481 e. The molecule has 0 aliphatic heterocycles. The summed E-state index contributed by atoms with van der Waals surface area (Å²) in [5.74, 6) is -0.693. The number of unbranched alkanes of at least 4 members (excludes halogenated alkanes) is 1. The average Bonchev–Trinajstić information content (AvgIpc) is 2.27. The van der Waals surface area contributed by atoms with Gasteiger partial charge >= 0.3 is 5.97 Å². The normalized spacial score (nSPS) is 9.19. The zero-order valence-corrected chi connectivity index (χ0v) is 10.2. The lowest BCUT2D eigenvalue weighted by atomic mass is 10.2. The molecule has 0 fully saturated rings. The van der Waals surface area contributed by atoms with Crippen molar-refractivity contribution in [1.82, 2.24) is 0 Å². The third-order valence-corrected chi connectivity index (χ3v) is 2.10. The molecule has 0 spiro atoms. The Morgan fingerprint density at radius 3 is 2.50 bits per heavy atom. The highest BCUT2D eigenvalue weighted by Crippen LogP contribution is 2.09. The molecular formula is C12H18ClNO2. The SMILES string of the molecule is CCCCC(=O)O.NCc1cccc(Cl)c1. The van der Waals surface area contributed by atoms with Crippen molar-refractivity contribution in [2.24, 2.45) is 5.73 Å². The number of carbonyl (C=O) groups is 1. The number of nitrogens with two attached hydrogens (primary N) is 1. The summed E-state index contributed by atoms with van der Waals surface area (Å²) < 4.78 is 0. The molecule has 0 unspecified atom stereocenters. The van der Waals surface area contributed by atoms with Crippen molar-refractivity contribution >= 4 is 17.6 Å². The topological polar surface area (TPSA) is 63.3 Å². The number of aliphatic carboxylic acids is 1. The van der Waals surface area contributed by atoms with Gasteiger partial charge in [0.1, 0.15) is 0 Å². The van der Waals surface area contributed by atoms with Crippen LogP contribution in [0.15, 0.2) is 24.3 Å². The fourth-order valence-electron chi connectivity index (χ4n) is 0.992. The Labute approximate surface area is 101 Å². The van der Waals surface area contributed by atoms with Gasteiger partial charge in [0, 0.05) is 18.0 Å². The van der Waals surface area contributed by atoms with Crippen molar-refractivity contribution in [3.8, 4) is 0 Å². The van der Waals surface area contributed by atoms with Crippen LogP contribution in [-0.4, -0.2) is 11.1 Å². The van der Waals surface area contributed by atoms with Crippen LogP contribution in [-0.2, 0) is 11.3 Å². The predicted octanol–water partition coefficient (Wildman–Crippen LogP) is 3.06. The number of halogens is 1. The molecule has 0 aliphatic rings. The molecule has 90 valence electrons. The third kappa shape index (κ3) is 8.26. The molecule has 0 atom stereocenters. The van der Waals surface area contributed by atoms with Crippen molar-refractivity contribution in [2.75, 3.05) is 0 Å². The average molecular weight is 244 g/mol. The molecule has 3 nitrogen and oxygen atoms in total. The van der Waals surface area contributed by atoms with Crippen LogP contribution in [0.2, 0.25) is 5.02 Å². The molecule has 0 radical (unpaired) electrons. The van der Waals surface area contributed by atoms with Gasteiger partial charge in [0.05, 0.1) is 0 Å². The first-order valence-corrected chi connectivity index (χ1v) is 5.64. The van der Waals surface area contributed by atoms with E-state index in [1.54, 1.807) is 0 Å². The second kappa shape index (κ2) is 9.19. The standard InChI is InChI=1S/C7H8ClN.C5H10O2/c8-7-3-1-2-6(4-7)5-9;1-2-3-4-5(6)7/h1-4H,5,9H2;2-4H2,1H3,(H,6,7). The molecule has 4 heteroatoms. The van der Waals surface area contributed by atoms with Crippen LogP contribution in [0.1, 0.15) is 31.7 Å². The van der Waals surface area contributed by atoms with Gasteiger partial charge in [-0.15, -0.1) is 0 Å². The highest BCUT2D eigenvalue weighted by atomic mass is 35.5. The number of carboxylic acid groups (broad SMARTS) is 1. The van der Waals surface area contributed by atoms with E-state index in [1.807, 2.05) is 31.2 Å². The van der Waals surface area contributed by atoms with Gasteiger partial charge in [-0.1, -0.05) is 37.1 Å². The van der Waals surface area contributed by atoms with E-state index in [4.69, 9.17) is 22.4 Å². The molecule has 1 rings (SSSR count). The summed E-state index contributed by atoms with van der Waals surface area (Å²) in [5, 5.41) is 8.79. The lowest BCUT2D eigenvalue weighted by Crippen LogP contribution is -1.94. The van der Waals surface area contributed by atoms with Crippen LogP contribution in [0.5, 0.6) is 0 Å². The summed E-state index contributed by atoms with van der Waals surface area (Å²) in [4.78, 5) is 9.76. The lowest BCUT2D eigenvalue weighted by Gasteiger charge is -1.93. The van der Waals surface area contributed by atoms with Crippen LogP contribution < -0.4 is 5.73 Å². The number of rotatable bonds is 4. The fraction of sp³-hybridized carbons (Fsp3) is 0.417. The molecule has 3 N–H and O–H groups in total. The second-order valence-corrected chi connectivity index (χ2v) is 3.77. The molecule has 0 aliphatic carbocycles. The second-order valence-electron chi connectivity index (χ2n) is 3.33. The maximum absolute atomic E-state index is 9.76. The van der Waals surface area contributed by atoms with Crippen LogP contribution in [0.4, 0.5) is 0 Å². The van der Waals surface area contributed by atoms with Gasteiger partial charge in [0.25, 0.3) is 0 Å². The Kier molecular flexibility index (Phi) is 8.58. The van der Waals surface area contributed by atoms with E-state index in [0.29, 0.717) is 13.0 Å². The van der Waals surface area contributed by atoms with E-state index in [2.05, 4.69) is 0 Å². The maximum atomic E-state index is 9.76. The molecular weight excluding hydrogens is 226 g/mol. The number of hydrogen-bond donors (Lipinski definition) is 2. The van der Waals surface area contributed by atoms with E-state index < -0.39 is 5.97 Å². The molecule has 0 aromatic heterocycles. The van der Waals surface area contributed by atoms with Crippen LogP contribution in [0.25, 0.3) is 0 Å². The van der Waals surface area contributed by atoms with Crippen LogP contribution in [0, 0.1) is 0 Å². The quantitative estimate of drug-likeness (QED) is 0.854. The maximum Gasteiger partial charge on any atom is 0.303 e. The van der Waals surface area contributed by atoms with Gasteiger partial charge in [-0.05, 0) is 24.1 Å². The first-order chi connectivity index (χ1) is 7.60. The Morgan fingerprint density at radius 2 is 2.19 bits per heavy atom. The van der Waals surface area contributed by atoms with Crippen molar-refractivity contribution in [3.63, 3.8) is 0 Å². The minimum Gasteiger partial charge on any atom is -0.481 e. The first kappa shape index (κ1) is 14.9. The zero-order chi connectivity index (χ0) is 12.4. The molecule has 1 aromatic carbocycles. The Morgan fingerprint density at radius 1 is 1.50 bits per heavy atom. The highest BCUT2D eigenvalue weighted by Gasteiger charge is 1.91. The zero-order valence-electron chi connectivity index (χ0n) is 9.45. The molecule has 16 heavy (non-hydrogen) atoms. The lowest BCUT2D eigenvalue weighted by molar-refractivity contribution is -0.137. The molecule has 1 aromatic rings. The monoisotopic (exact) mass is 243 g/mol. The fourth-order valence-corrected chi connectivity index (χ4v) is 1.20. The van der Waals surface area contributed by atoms with Gasteiger partial charge in [-0.3, -0.25) is 4.79 Å². The summed E-state index contributed by atoms with van der Waals surface area (Å²) in [7, 11) is 0. The number of carboxylic acids is 1. The minimum absolute atomic E-state index is 0.316. The predicted molar refractivity (Wildman–Crippen MR) is 66.5 cm³/mol. The molecule has 0 saturated heterocycles. The van der Waals surface area contributed by atoms with Crippen molar-refractivity contribution in [2.45, 2.75) is 32.7 Å². The van der Waals surface area contributed by atoms with Crippen molar-refractivity contribution in [1.29, 1.82) is 0 Å². The summed E-state index contributed by atoms with van der Waals surface area (Å²) in [5.41, 5.74) is 6.43. The van der Waals surface area contributed by atoms with Gasteiger partial charge in [0.2, 0.25) is 0 Å². The van der Waals surface area contributed by atoms with Gasteiger partial charge < -0.3 is 10.8 Å². The summed E-state index contributed by atoms with van der Waals surface area (Å²) in [6.45, 7) is 2.53. The van der Waals surface area contributed by atoms with E-state index >= 15 is 0 Å². The third-order valence-electron chi connectivity index (χ3n) is 1.87. The Hall–Kier alpha value is -1.06. The van der Waals surface area contributed by atoms with Crippen molar-refractivity contribution in [3.05, 3.63) is 34.9 Å². The molecule has 0 amide bonds. The minimum atomic E-state index is -0.693. The van der Waals surface area contributed by atoms with Crippen LogP contribution in [0.3, 0.4) is 0 Å². The molecule has 0 heterocycles. The number of hydrogen-bond acceptors (Lipinski definition) is 2. The van der Waals surface area contributed by atoms with E-state index in [9.17, 15) is 4.79 Å². The van der Waals surface area contributed by atoms with Crippen molar-refractivity contribution < 1.29 is 9.90 Å². The molecule has 0 bridgehead atoms. The van der Waals surface area contributed by atoms with Gasteiger partial charge in [0.15, 0.2) is 0 Å². The van der Waals surface area contributed by atoms with Gasteiger partial charge in [-0.25, -0.2) is 0 Å². The van der Waals surface area contributed by atoms with E-state index in [-0.39, 0.29) is 0 Å². The van der Waals surface area contributed by atoms with E-state index in [0.717, 1.165) is 23.4 Å². The first-order valence-electron chi connectivity index (χ1n) is 5.26. The molecule has 0 saturated carbocycles. The summed E-state index contributed by atoms with van der Waals surface area (Å²) in [6, 6.07) is 7.54. The summed E-state index contributed by atoms with van der Waals surface area (Å²) in [6.07, 6.45) is 2.08. The number of benzene rings is 1. The smallest absolute Gasteiger partial charge is 0.303 e. The van der Waals surface area contributed by atoms with Gasteiger partial charge in [-0.2, -0.15) is 0 Å². The summed E-state index contributed by atoms with van der Waals surface area (Å²) >= 11 is 5.67. The van der Waals surface area contributed by atoms with Crippen LogP contribution >= 0.6 is 11.6 Å². The van der Waals surface area contributed by atoms with E-state index in [1.165, 1.54) is 0 Å². The Bertz CT molecular complexity index is 316. The Balaban J connectivity index is 0.000000293.